The van der Waals surface area contributed by atoms with Gasteiger partial charge in [0.15, 0.2) is 0 Å². The van der Waals surface area contributed by atoms with Crippen LogP contribution < -0.4 is 5.32 Å². The molecule has 0 unspecified atom stereocenters. The zero-order valence-electron chi connectivity index (χ0n) is 13.0. The first-order valence-electron chi connectivity index (χ1n) is 8.19. The van der Waals surface area contributed by atoms with Crippen molar-refractivity contribution in [1.82, 2.24) is 10.3 Å². The van der Waals surface area contributed by atoms with E-state index in [9.17, 15) is 5.11 Å². The van der Waals surface area contributed by atoms with Gasteiger partial charge >= 0.3 is 0 Å². The highest BCUT2D eigenvalue weighted by Gasteiger charge is 2.34. The van der Waals surface area contributed by atoms with Crippen LogP contribution in [0.3, 0.4) is 0 Å². The molecule has 0 saturated heterocycles. The van der Waals surface area contributed by atoms with Crippen LogP contribution in [0.5, 0.6) is 5.75 Å². The van der Waals surface area contributed by atoms with E-state index in [1.165, 1.54) is 43.4 Å². The molecule has 0 amide bonds. The molecular weight excluding hydrogens is 272 g/mol. The van der Waals surface area contributed by atoms with Crippen molar-refractivity contribution in [2.45, 2.75) is 44.1 Å². The lowest BCUT2D eigenvalue weighted by Crippen LogP contribution is -2.40. The number of hydrogen-bond donors (Lipinski definition) is 2. The van der Waals surface area contributed by atoms with Gasteiger partial charge in [-0.15, -0.1) is 0 Å². The van der Waals surface area contributed by atoms with Gasteiger partial charge in [0.25, 0.3) is 0 Å². The summed E-state index contributed by atoms with van der Waals surface area (Å²) in [6, 6.07) is 13.7. The Kier molecular flexibility index (Phi) is 4.74. The molecule has 22 heavy (non-hydrogen) atoms. The maximum atomic E-state index is 9.35. The summed E-state index contributed by atoms with van der Waals surface area (Å²) in [5, 5.41) is 13.0. The number of phenolic OH excluding ortho intramolecular Hbond substituents is 1. The first-order valence-corrected chi connectivity index (χ1v) is 8.19. The van der Waals surface area contributed by atoms with E-state index in [1.807, 2.05) is 24.4 Å². The predicted octanol–water partition coefficient (Wildman–Crippen LogP) is 3.78. The molecule has 3 heteroatoms. The fraction of sp³-hybridized carbons (Fsp3) is 0.421. The first kappa shape index (κ1) is 15.0. The van der Waals surface area contributed by atoms with E-state index in [-0.39, 0.29) is 5.41 Å². The third-order valence-electron chi connectivity index (χ3n) is 4.75. The van der Waals surface area contributed by atoms with E-state index in [2.05, 4.69) is 22.4 Å². The molecule has 0 radical (unpaired) electrons. The smallest absolute Gasteiger partial charge is 0.115 e. The van der Waals surface area contributed by atoms with Gasteiger partial charge in [-0.05, 0) is 42.7 Å². The summed E-state index contributed by atoms with van der Waals surface area (Å²) in [4.78, 5) is 4.64. The lowest BCUT2D eigenvalue weighted by atomic mass is 9.71. The number of hydrogen-bond acceptors (Lipinski definition) is 3. The second-order valence-corrected chi connectivity index (χ2v) is 6.33. The summed E-state index contributed by atoms with van der Waals surface area (Å²) in [5.74, 6) is 0.320. The second-order valence-electron chi connectivity index (χ2n) is 6.33. The molecule has 1 fully saturated rings. The first-order chi connectivity index (χ1) is 10.8. The van der Waals surface area contributed by atoms with E-state index >= 15 is 0 Å². The van der Waals surface area contributed by atoms with Crippen molar-refractivity contribution in [3.8, 4) is 5.75 Å². The van der Waals surface area contributed by atoms with Gasteiger partial charge in [0.05, 0.1) is 0 Å². The molecule has 1 saturated carbocycles. The molecule has 1 aromatic carbocycles. The Morgan fingerprint density at radius 1 is 1.00 bits per heavy atom. The highest BCUT2D eigenvalue weighted by molar-refractivity contribution is 5.26. The molecule has 0 aliphatic heterocycles. The Morgan fingerprint density at radius 2 is 1.77 bits per heavy atom. The Bertz CT molecular complexity index is 574. The van der Waals surface area contributed by atoms with Gasteiger partial charge in [-0.2, -0.15) is 0 Å². The maximum absolute atomic E-state index is 9.35. The van der Waals surface area contributed by atoms with Gasteiger partial charge in [-0.3, -0.25) is 4.98 Å². The summed E-state index contributed by atoms with van der Waals surface area (Å²) >= 11 is 0. The van der Waals surface area contributed by atoms with E-state index in [1.54, 1.807) is 12.1 Å². The number of benzene rings is 1. The number of aromatic nitrogens is 1. The molecule has 1 aliphatic carbocycles. The average molecular weight is 296 g/mol. The van der Waals surface area contributed by atoms with Crippen LogP contribution in [0.1, 0.15) is 43.4 Å². The average Bonchev–Trinajstić information content (AvgIpc) is 2.58. The standard InChI is InChI=1S/C19H24N2O/c22-17-9-7-16(8-10-17)14-20-15-19(11-3-1-4-12-19)18-6-2-5-13-21-18/h2,5-10,13,20,22H,1,3-4,11-12,14-15H2. The minimum absolute atomic E-state index is 0.177. The molecule has 0 atom stereocenters. The van der Waals surface area contributed by atoms with Crippen LogP contribution in [0.15, 0.2) is 48.7 Å². The molecule has 3 nitrogen and oxygen atoms in total. The topological polar surface area (TPSA) is 45.1 Å². The molecule has 1 aromatic heterocycles. The fourth-order valence-electron chi connectivity index (χ4n) is 3.49. The van der Waals surface area contributed by atoms with E-state index in [4.69, 9.17) is 0 Å². The minimum Gasteiger partial charge on any atom is -0.508 e. The molecule has 116 valence electrons. The van der Waals surface area contributed by atoms with Crippen molar-refractivity contribution in [3.63, 3.8) is 0 Å². The SMILES string of the molecule is Oc1ccc(CNCC2(c3ccccn3)CCCCC2)cc1. The lowest BCUT2D eigenvalue weighted by Gasteiger charge is -2.37. The van der Waals surface area contributed by atoms with Crippen molar-refractivity contribution in [2.24, 2.45) is 0 Å². The van der Waals surface area contributed by atoms with Crippen molar-refractivity contribution >= 4 is 0 Å². The number of rotatable bonds is 5. The van der Waals surface area contributed by atoms with Crippen molar-refractivity contribution < 1.29 is 5.11 Å². The molecular formula is C19H24N2O. The largest absolute Gasteiger partial charge is 0.508 e. The van der Waals surface area contributed by atoms with Crippen molar-refractivity contribution in [1.29, 1.82) is 0 Å². The minimum atomic E-state index is 0.177. The van der Waals surface area contributed by atoms with Crippen molar-refractivity contribution in [2.75, 3.05) is 6.54 Å². The van der Waals surface area contributed by atoms with Gasteiger partial charge in [0.2, 0.25) is 0 Å². The zero-order chi connectivity index (χ0) is 15.3. The van der Waals surface area contributed by atoms with Gasteiger partial charge < -0.3 is 10.4 Å². The van der Waals surface area contributed by atoms with Crippen LogP contribution in [0, 0.1) is 0 Å². The molecule has 2 N–H and O–H groups in total. The molecule has 1 heterocycles. The summed E-state index contributed by atoms with van der Waals surface area (Å²) < 4.78 is 0. The van der Waals surface area contributed by atoms with Crippen LogP contribution >= 0.6 is 0 Å². The van der Waals surface area contributed by atoms with E-state index in [0.29, 0.717) is 5.75 Å². The van der Waals surface area contributed by atoms with Crippen LogP contribution in [0.4, 0.5) is 0 Å². The summed E-state index contributed by atoms with van der Waals surface area (Å²) in [6.07, 6.45) is 8.26. The third kappa shape index (κ3) is 3.47. The van der Waals surface area contributed by atoms with Crippen LogP contribution in [0.25, 0.3) is 0 Å². The summed E-state index contributed by atoms with van der Waals surface area (Å²) in [7, 11) is 0. The zero-order valence-corrected chi connectivity index (χ0v) is 13.0. The number of phenols is 1. The Morgan fingerprint density at radius 3 is 2.45 bits per heavy atom. The van der Waals surface area contributed by atoms with Crippen molar-refractivity contribution in [3.05, 3.63) is 59.9 Å². The predicted molar refractivity (Wildman–Crippen MR) is 88.8 cm³/mol. The van der Waals surface area contributed by atoms with Gasteiger partial charge in [-0.1, -0.05) is 37.5 Å². The van der Waals surface area contributed by atoms with E-state index < -0.39 is 0 Å². The van der Waals surface area contributed by atoms with E-state index in [0.717, 1.165) is 13.1 Å². The third-order valence-corrected chi connectivity index (χ3v) is 4.75. The number of pyridine rings is 1. The lowest BCUT2D eigenvalue weighted by molar-refractivity contribution is 0.273. The number of aromatic hydroxyl groups is 1. The van der Waals surface area contributed by atoms with Crippen LogP contribution in [-0.4, -0.2) is 16.6 Å². The Hall–Kier alpha value is -1.87. The highest BCUT2D eigenvalue weighted by atomic mass is 16.3. The van der Waals surface area contributed by atoms with Gasteiger partial charge in [0, 0.05) is 30.4 Å². The van der Waals surface area contributed by atoms with Crippen LogP contribution in [0.2, 0.25) is 0 Å². The quantitative estimate of drug-likeness (QED) is 0.882. The van der Waals surface area contributed by atoms with Gasteiger partial charge in [-0.25, -0.2) is 0 Å². The monoisotopic (exact) mass is 296 g/mol. The molecule has 0 spiro atoms. The van der Waals surface area contributed by atoms with Gasteiger partial charge in [0.1, 0.15) is 5.75 Å². The normalized spacial score (nSPS) is 17.3. The molecule has 0 bridgehead atoms. The summed E-state index contributed by atoms with van der Waals surface area (Å²) in [5.41, 5.74) is 2.61. The summed E-state index contributed by atoms with van der Waals surface area (Å²) in [6.45, 7) is 1.79. The fourth-order valence-corrected chi connectivity index (χ4v) is 3.49. The second kappa shape index (κ2) is 6.93. The number of nitrogens with zero attached hydrogens (tertiary/aromatic N) is 1. The number of nitrogens with one attached hydrogen (secondary N) is 1. The maximum Gasteiger partial charge on any atom is 0.115 e. The molecule has 3 rings (SSSR count). The molecule has 2 aromatic rings. The highest BCUT2D eigenvalue weighted by Crippen LogP contribution is 2.37. The molecule has 1 aliphatic rings. The van der Waals surface area contributed by atoms with Crippen LogP contribution in [-0.2, 0) is 12.0 Å². The Labute approximate surface area is 132 Å². The Balaban J connectivity index is 1.67.